The number of phenolic OH excluding ortho intramolecular Hbond substituents is 1. The number of benzene rings is 1. The molecule has 10 nitrogen and oxygen atoms in total. The van der Waals surface area contributed by atoms with E-state index in [1.165, 1.54) is 40.3 Å². The fourth-order valence-electron chi connectivity index (χ4n) is 4.53. The minimum atomic E-state index is -2.81. The Morgan fingerprint density at radius 2 is 1.89 bits per heavy atom. The van der Waals surface area contributed by atoms with Gasteiger partial charge in [-0.25, -0.2) is 13.8 Å². The number of piperidine rings is 1. The number of amides is 1. The fourth-order valence-corrected chi connectivity index (χ4v) is 5.49. The number of hydrogen-bond acceptors (Lipinski definition) is 8. The van der Waals surface area contributed by atoms with Crippen LogP contribution in [0, 0.1) is 0 Å². The van der Waals surface area contributed by atoms with Crippen LogP contribution < -0.4 is 5.56 Å². The third-order valence-corrected chi connectivity index (χ3v) is 7.76. The smallest absolute Gasteiger partial charge is 0.281 e. The molecule has 14 heteroatoms. The summed E-state index contributed by atoms with van der Waals surface area (Å²) in [5.74, 6) is -0.357. The van der Waals surface area contributed by atoms with Gasteiger partial charge in [0.1, 0.15) is 17.3 Å². The molecule has 2 N–H and O–H groups in total. The zero-order chi connectivity index (χ0) is 27.0. The maximum Gasteiger partial charge on any atom is 0.281 e. The van der Waals surface area contributed by atoms with Gasteiger partial charge < -0.3 is 15.1 Å². The first kappa shape index (κ1) is 26.2. The molecule has 0 saturated carbocycles. The van der Waals surface area contributed by atoms with Crippen LogP contribution >= 0.6 is 23.1 Å². The van der Waals surface area contributed by atoms with Gasteiger partial charge in [-0.1, -0.05) is 11.6 Å². The number of likely N-dealkylation sites (tertiary alicyclic amines) is 1. The number of carbonyl (C=O) groups excluding carboxylic acids is 1. The molecule has 1 aliphatic heterocycles. The van der Waals surface area contributed by atoms with Crippen LogP contribution in [-0.4, -0.2) is 69.8 Å². The van der Waals surface area contributed by atoms with Crippen molar-refractivity contribution in [2.75, 3.05) is 13.1 Å². The summed E-state index contributed by atoms with van der Waals surface area (Å²) < 4.78 is 33.7. The van der Waals surface area contributed by atoms with E-state index in [4.69, 9.17) is 11.6 Å². The first-order valence-corrected chi connectivity index (χ1v) is 12.9. The first-order valence-electron chi connectivity index (χ1n) is 11.8. The number of aromatic nitrogens is 5. The Bertz CT molecular complexity index is 1510. The number of aromatic hydroxyl groups is 1. The van der Waals surface area contributed by atoms with Gasteiger partial charge in [-0.15, -0.1) is 0 Å². The van der Waals surface area contributed by atoms with Crippen molar-refractivity contribution >= 4 is 40.1 Å². The summed E-state index contributed by atoms with van der Waals surface area (Å²) in [6, 6.07) is 5.05. The number of carbonyl (C=O) groups is 1. The maximum absolute atomic E-state index is 13.6. The van der Waals surface area contributed by atoms with Gasteiger partial charge in [0.25, 0.3) is 12.0 Å². The van der Waals surface area contributed by atoms with E-state index < -0.39 is 36.0 Å². The van der Waals surface area contributed by atoms with Gasteiger partial charge in [0, 0.05) is 19.3 Å². The Labute approximate surface area is 223 Å². The monoisotopic (exact) mass is 564 g/mol. The number of fused-ring (bicyclic) bond motifs is 1. The summed E-state index contributed by atoms with van der Waals surface area (Å²) in [4.78, 5) is 32.4. The van der Waals surface area contributed by atoms with E-state index in [9.17, 15) is 28.6 Å². The number of halogens is 3. The van der Waals surface area contributed by atoms with Gasteiger partial charge in [0.15, 0.2) is 5.52 Å². The summed E-state index contributed by atoms with van der Waals surface area (Å²) in [5.41, 5.74) is -0.320. The van der Waals surface area contributed by atoms with Gasteiger partial charge >= 0.3 is 0 Å². The van der Waals surface area contributed by atoms with Gasteiger partial charge in [-0.05, 0) is 54.2 Å². The SMILES string of the molecule is O=C(CC(C(F)F)n1cc(Cl)cn1)N1CCC(O)(Cn2cnc3c(-c4ccc(O)cc4)snc3c2=O)CC1. The molecule has 38 heavy (non-hydrogen) atoms. The summed E-state index contributed by atoms with van der Waals surface area (Å²) >= 11 is 6.90. The van der Waals surface area contributed by atoms with E-state index in [0.29, 0.717) is 10.4 Å². The molecule has 0 aliphatic carbocycles. The third kappa shape index (κ3) is 5.26. The lowest BCUT2D eigenvalue weighted by molar-refractivity contribution is -0.138. The molecule has 4 heterocycles. The van der Waals surface area contributed by atoms with Crippen molar-refractivity contribution in [3.63, 3.8) is 0 Å². The molecular weight excluding hydrogens is 542 g/mol. The fraction of sp³-hybridized carbons (Fsp3) is 0.375. The van der Waals surface area contributed by atoms with Crippen LogP contribution in [0.5, 0.6) is 5.75 Å². The lowest BCUT2D eigenvalue weighted by atomic mass is 9.91. The lowest BCUT2D eigenvalue weighted by Gasteiger charge is -2.38. The Morgan fingerprint density at radius 1 is 1.18 bits per heavy atom. The molecule has 1 unspecified atom stereocenters. The van der Waals surface area contributed by atoms with E-state index in [1.807, 2.05) is 0 Å². The Kier molecular flexibility index (Phi) is 7.16. The molecule has 5 rings (SSSR count). The third-order valence-electron chi connectivity index (χ3n) is 6.68. The second-order valence-corrected chi connectivity index (χ2v) is 10.5. The van der Waals surface area contributed by atoms with Crippen molar-refractivity contribution in [3.05, 3.63) is 58.4 Å². The number of phenols is 1. The van der Waals surface area contributed by atoms with Crippen molar-refractivity contribution in [2.24, 2.45) is 0 Å². The number of nitrogens with zero attached hydrogens (tertiary/aromatic N) is 6. The standard InChI is InChI=1S/C24H23ClF2N6O4S/c25-15-10-29-33(11-15)17(22(26)27)9-18(35)31-7-5-24(37,6-8-31)12-32-13-28-19-20(23(32)36)30-38-21(19)14-1-3-16(34)4-2-14/h1-4,10-11,13,17,22,34,37H,5-9,12H2. The molecular formula is C24H23ClF2N6O4S. The van der Waals surface area contributed by atoms with E-state index in [-0.39, 0.29) is 48.8 Å². The van der Waals surface area contributed by atoms with E-state index in [2.05, 4.69) is 14.5 Å². The second kappa shape index (κ2) is 10.4. The van der Waals surface area contributed by atoms with Crippen LogP contribution in [0.25, 0.3) is 21.5 Å². The van der Waals surface area contributed by atoms with E-state index in [1.54, 1.807) is 12.1 Å². The topological polar surface area (TPSA) is 126 Å². The first-order chi connectivity index (χ1) is 18.1. The number of alkyl halides is 2. The highest BCUT2D eigenvalue weighted by atomic mass is 35.5. The van der Waals surface area contributed by atoms with Gasteiger partial charge in [-0.2, -0.15) is 9.47 Å². The van der Waals surface area contributed by atoms with Crippen molar-refractivity contribution in [3.8, 4) is 16.2 Å². The molecule has 1 fully saturated rings. The quantitative estimate of drug-likeness (QED) is 0.352. The zero-order valence-corrected chi connectivity index (χ0v) is 21.4. The largest absolute Gasteiger partial charge is 0.508 e. The zero-order valence-electron chi connectivity index (χ0n) is 19.9. The highest BCUT2D eigenvalue weighted by molar-refractivity contribution is 7.11. The molecule has 1 amide bonds. The van der Waals surface area contributed by atoms with Gasteiger partial charge in [0.05, 0.1) is 41.0 Å². The molecule has 0 bridgehead atoms. The molecule has 1 saturated heterocycles. The average Bonchev–Trinajstić information content (AvgIpc) is 3.51. The minimum absolute atomic E-state index is 0.0473. The van der Waals surface area contributed by atoms with Crippen LogP contribution in [0.4, 0.5) is 8.78 Å². The molecule has 1 aromatic carbocycles. The van der Waals surface area contributed by atoms with Crippen molar-refractivity contribution < 1.29 is 23.8 Å². The van der Waals surface area contributed by atoms with Crippen LogP contribution in [-0.2, 0) is 11.3 Å². The van der Waals surface area contributed by atoms with Crippen molar-refractivity contribution in [2.45, 2.75) is 43.9 Å². The second-order valence-electron chi connectivity index (χ2n) is 9.28. The summed E-state index contributed by atoms with van der Waals surface area (Å²) in [5, 5.41) is 24.7. The van der Waals surface area contributed by atoms with Crippen LogP contribution in [0.15, 0.2) is 47.8 Å². The number of rotatable bonds is 7. The Morgan fingerprint density at radius 3 is 2.53 bits per heavy atom. The molecule has 4 aromatic rings. The Hall–Kier alpha value is -3.42. The maximum atomic E-state index is 13.6. The summed E-state index contributed by atoms with van der Waals surface area (Å²) in [7, 11) is 0. The highest BCUT2D eigenvalue weighted by Gasteiger charge is 2.36. The Balaban J connectivity index is 1.25. The van der Waals surface area contributed by atoms with Crippen LogP contribution in [0.3, 0.4) is 0 Å². The van der Waals surface area contributed by atoms with E-state index in [0.717, 1.165) is 21.8 Å². The van der Waals surface area contributed by atoms with Crippen molar-refractivity contribution in [1.29, 1.82) is 0 Å². The highest BCUT2D eigenvalue weighted by Crippen LogP contribution is 2.31. The van der Waals surface area contributed by atoms with Gasteiger partial charge in [0.2, 0.25) is 5.91 Å². The molecule has 1 atom stereocenters. The summed E-state index contributed by atoms with van der Waals surface area (Å²) in [6.45, 7) is 0.253. The van der Waals surface area contributed by atoms with Crippen LogP contribution in [0.2, 0.25) is 5.02 Å². The van der Waals surface area contributed by atoms with Crippen molar-refractivity contribution in [1.82, 2.24) is 28.6 Å². The molecule has 0 radical (unpaired) electrons. The molecule has 1 aliphatic rings. The normalized spacial score (nSPS) is 16.3. The summed E-state index contributed by atoms with van der Waals surface area (Å²) in [6.07, 6.45) is 0.890. The predicted molar refractivity (Wildman–Crippen MR) is 136 cm³/mol. The average molecular weight is 565 g/mol. The number of aliphatic hydroxyl groups is 1. The molecule has 200 valence electrons. The predicted octanol–water partition coefficient (Wildman–Crippen LogP) is 3.33. The lowest BCUT2D eigenvalue weighted by Crippen LogP contribution is -2.50. The number of hydrogen-bond donors (Lipinski definition) is 2. The van der Waals surface area contributed by atoms with Gasteiger partial charge in [-0.3, -0.25) is 18.8 Å². The van der Waals surface area contributed by atoms with Crippen LogP contribution in [0.1, 0.15) is 25.3 Å². The molecule has 3 aromatic heterocycles. The molecule has 0 spiro atoms. The van der Waals surface area contributed by atoms with E-state index >= 15 is 0 Å². The minimum Gasteiger partial charge on any atom is -0.508 e.